The number of carbonyl (C=O) groups excluding carboxylic acids is 1. The van der Waals surface area contributed by atoms with Crippen LogP contribution >= 0.6 is 23.2 Å². The topological polar surface area (TPSA) is 46.3 Å². The summed E-state index contributed by atoms with van der Waals surface area (Å²) in [6, 6.07) is 3.06. The van der Waals surface area contributed by atoms with Gasteiger partial charge in [-0.1, -0.05) is 29.3 Å². The van der Waals surface area contributed by atoms with Crippen LogP contribution in [0.5, 0.6) is 0 Å². The molecule has 0 spiro atoms. The summed E-state index contributed by atoms with van der Waals surface area (Å²) in [6.45, 7) is 9.91. The molecule has 19 heavy (non-hydrogen) atoms. The van der Waals surface area contributed by atoms with E-state index < -0.39 is 0 Å². The highest BCUT2D eigenvalue weighted by atomic mass is 35.5. The molecule has 0 aromatic heterocycles. The summed E-state index contributed by atoms with van der Waals surface area (Å²) in [4.78, 5) is 14.2. The van der Waals surface area contributed by atoms with Crippen molar-refractivity contribution in [2.24, 2.45) is 0 Å². The molecule has 0 saturated carbocycles. The van der Waals surface area contributed by atoms with E-state index in [2.05, 4.69) is 6.58 Å². The predicted octanol–water partition coefficient (Wildman–Crippen LogP) is 4.00. The first kappa shape index (κ1) is 15.9. The first-order chi connectivity index (χ1) is 8.68. The fraction of sp³-hybridized carbons (Fsp3) is 0.357. The van der Waals surface area contributed by atoms with Gasteiger partial charge in [0.15, 0.2) is 0 Å². The first-order valence-electron chi connectivity index (χ1n) is 5.86. The smallest absolute Gasteiger partial charge is 0.256 e. The Kier molecular flexibility index (Phi) is 4.88. The zero-order valence-corrected chi connectivity index (χ0v) is 12.8. The molecule has 1 rings (SSSR count). The Bertz CT molecular complexity index is 507. The maximum atomic E-state index is 12.6. The molecule has 1 amide bonds. The van der Waals surface area contributed by atoms with E-state index >= 15 is 0 Å². The van der Waals surface area contributed by atoms with Crippen molar-refractivity contribution in [3.8, 4) is 0 Å². The van der Waals surface area contributed by atoms with E-state index in [0.717, 1.165) is 0 Å². The SMILES string of the molecule is C=CCN(C(=O)c1cc(N)cc(Cl)c1Cl)C(C)(C)C. The standard InChI is InChI=1S/C14H18Cl2N2O/c1-5-6-18(14(2,3)4)13(19)10-7-9(17)8-11(15)12(10)16/h5,7-8H,1,6,17H2,2-4H3. The lowest BCUT2D eigenvalue weighted by Crippen LogP contribution is -2.45. The van der Waals surface area contributed by atoms with Gasteiger partial charge in [0.2, 0.25) is 0 Å². The minimum atomic E-state index is -0.355. The third-order valence-electron chi connectivity index (χ3n) is 2.65. The average Bonchev–Trinajstić information content (AvgIpc) is 2.28. The quantitative estimate of drug-likeness (QED) is 0.677. The number of halogens is 2. The van der Waals surface area contributed by atoms with Crippen molar-refractivity contribution in [1.29, 1.82) is 0 Å². The largest absolute Gasteiger partial charge is 0.399 e. The highest BCUT2D eigenvalue weighted by molar-refractivity contribution is 6.44. The van der Waals surface area contributed by atoms with Crippen LogP contribution in [0.1, 0.15) is 31.1 Å². The molecule has 0 aliphatic carbocycles. The number of nitrogens with two attached hydrogens (primary N) is 1. The number of nitrogen functional groups attached to an aromatic ring is 1. The van der Waals surface area contributed by atoms with E-state index in [1.807, 2.05) is 20.8 Å². The summed E-state index contributed by atoms with van der Waals surface area (Å²) in [5.41, 5.74) is 6.08. The van der Waals surface area contributed by atoms with E-state index in [1.54, 1.807) is 17.0 Å². The molecule has 3 nitrogen and oxygen atoms in total. The lowest BCUT2D eigenvalue weighted by atomic mass is 10.0. The molecule has 0 atom stereocenters. The Balaban J connectivity index is 3.28. The van der Waals surface area contributed by atoms with E-state index in [-0.39, 0.29) is 21.5 Å². The summed E-state index contributed by atoms with van der Waals surface area (Å²) < 4.78 is 0. The zero-order chi connectivity index (χ0) is 14.8. The predicted molar refractivity (Wildman–Crippen MR) is 81.9 cm³/mol. The fourth-order valence-electron chi connectivity index (χ4n) is 1.70. The second-order valence-corrected chi connectivity index (χ2v) is 6.02. The Morgan fingerprint density at radius 1 is 1.42 bits per heavy atom. The summed E-state index contributed by atoms with van der Waals surface area (Å²) in [5.74, 6) is -0.216. The van der Waals surface area contributed by atoms with Crippen molar-refractivity contribution in [2.45, 2.75) is 26.3 Å². The van der Waals surface area contributed by atoms with Gasteiger partial charge in [0.1, 0.15) is 0 Å². The third-order valence-corrected chi connectivity index (χ3v) is 3.45. The van der Waals surface area contributed by atoms with Crippen LogP contribution in [0.25, 0.3) is 0 Å². The molecule has 0 radical (unpaired) electrons. The van der Waals surface area contributed by atoms with Gasteiger partial charge in [0, 0.05) is 17.8 Å². The van der Waals surface area contributed by atoms with E-state index in [4.69, 9.17) is 28.9 Å². The molecule has 0 heterocycles. The summed E-state index contributed by atoms with van der Waals surface area (Å²) >= 11 is 12.0. The van der Waals surface area contributed by atoms with Crippen molar-refractivity contribution in [3.63, 3.8) is 0 Å². The van der Waals surface area contributed by atoms with Crippen molar-refractivity contribution in [1.82, 2.24) is 4.90 Å². The zero-order valence-electron chi connectivity index (χ0n) is 11.3. The van der Waals surface area contributed by atoms with Crippen LogP contribution in [-0.2, 0) is 0 Å². The van der Waals surface area contributed by atoms with E-state index in [1.165, 1.54) is 6.07 Å². The molecule has 5 heteroatoms. The first-order valence-corrected chi connectivity index (χ1v) is 6.61. The van der Waals surface area contributed by atoms with Crippen molar-refractivity contribution < 1.29 is 4.79 Å². The van der Waals surface area contributed by atoms with Crippen molar-refractivity contribution in [2.75, 3.05) is 12.3 Å². The Labute approximate surface area is 124 Å². The maximum absolute atomic E-state index is 12.6. The minimum absolute atomic E-state index is 0.216. The molecule has 0 saturated heterocycles. The molecular formula is C14H18Cl2N2O. The second kappa shape index (κ2) is 5.85. The number of nitrogens with zero attached hydrogens (tertiary/aromatic N) is 1. The fourth-order valence-corrected chi connectivity index (χ4v) is 2.12. The Morgan fingerprint density at radius 2 is 2.00 bits per heavy atom. The minimum Gasteiger partial charge on any atom is -0.399 e. The number of anilines is 1. The van der Waals surface area contributed by atoms with Crippen molar-refractivity contribution in [3.05, 3.63) is 40.4 Å². The molecule has 1 aromatic carbocycles. The van der Waals surface area contributed by atoms with Crippen LogP contribution in [-0.4, -0.2) is 22.9 Å². The van der Waals surface area contributed by atoms with Gasteiger partial charge < -0.3 is 10.6 Å². The van der Waals surface area contributed by atoms with Crippen LogP contribution in [0.4, 0.5) is 5.69 Å². The van der Waals surface area contributed by atoms with Gasteiger partial charge in [0.05, 0.1) is 15.6 Å². The van der Waals surface area contributed by atoms with Crippen LogP contribution in [0.15, 0.2) is 24.8 Å². The lowest BCUT2D eigenvalue weighted by Gasteiger charge is -2.35. The van der Waals surface area contributed by atoms with Gasteiger partial charge in [-0.05, 0) is 32.9 Å². The van der Waals surface area contributed by atoms with Gasteiger partial charge in [-0.3, -0.25) is 4.79 Å². The second-order valence-electron chi connectivity index (χ2n) is 5.24. The molecule has 0 aliphatic heterocycles. The Morgan fingerprint density at radius 3 is 2.47 bits per heavy atom. The summed E-state index contributed by atoms with van der Waals surface area (Å²) in [7, 11) is 0. The van der Waals surface area contributed by atoms with Gasteiger partial charge >= 0.3 is 0 Å². The maximum Gasteiger partial charge on any atom is 0.256 e. The molecule has 104 valence electrons. The molecule has 2 N–H and O–H groups in total. The lowest BCUT2D eigenvalue weighted by molar-refractivity contribution is 0.0617. The third kappa shape index (κ3) is 3.64. The normalized spacial score (nSPS) is 11.2. The highest BCUT2D eigenvalue weighted by Crippen LogP contribution is 2.31. The van der Waals surface area contributed by atoms with Gasteiger partial charge in [-0.2, -0.15) is 0 Å². The van der Waals surface area contributed by atoms with Gasteiger partial charge in [0.25, 0.3) is 5.91 Å². The van der Waals surface area contributed by atoms with Gasteiger partial charge in [-0.15, -0.1) is 6.58 Å². The number of carbonyl (C=O) groups is 1. The van der Waals surface area contributed by atoms with Crippen LogP contribution in [0.2, 0.25) is 10.0 Å². The average molecular weight is 301 g/mol. The molecule has 0 aliphatic rings. The van der Waals surface area contributed by atoms with Crippen LogP contribution < -0.4 is 5.73 Å². The van der Waals surface area contributed by atoms with E-state index in [9.17, 15) is 4.79 Å². The molecule has 0 bridgehead atoms. The summed E-state index contributed by atoms with van der Waals surface area (Å²) in [6.07, 6.45) is 1.67. The molecule has 1 aromatic rings. The van der Waals surface area contributed by atoms with Crippen molar-refractivity contribution >= 4 is 34.8 Å². The molecule has 0 fully saturated rings. The number of rotatable bonds is 3. The van der Waals surface area contributed by atoms with Crippen LogP contribution in [0.3, 0.4) is 0 Å². The van der Waals surface area contributed by atoms with Crippen LogP contribution in [0, 0.1) is 0 Å². The molecule has 0 unspecified atom stereocenters. The molecular weight excluding hydrogens is 283 g/mol. The van der Waals surface area contributed by atoms with Gasteiger partial charge in [-0.25, -0.2) is 0 Å². The summed E-state index contributed by atoms with van der Waals surface area (Å²) in [5, 5.41) is 0.497. The van der Waals surface area contributed by atoms with E-state index in [0.29, 0.717) is 17.8 Å². The number of hydrogen-bond acceptors (Lipinski definition) is 2. The number of amides is 1. The Hall–Kier alpha value is -1.19. The highest BCUT2D eigenvalue weighted by Gasteiger charge is 2.28. The monoisotopic (exact) mass is 300 g/mol. The number of hydrogen-bond donors (Lipinski definition) is 1. The number of benzene rings is 1.